The van der Waals surface area contributed by atoms with Crippen LogP contribution >= 0.6 is 23.5 Å². The molecule has 0 saturated carbocycles. The number of rotatable bonds is 10. The predicted molar refractivity (Wildman–Crippen MR) is 157 cm³/mol. The molecule has 0 aliphatic heterocycles. The van der Waals surface area contributed by atoms with Crippen molar-refractivity contribution in [2.24, 2.45) is 11.8 Å². The second kappa shape index (κ2) is 13.3. The minimum absolute atomic E-state index is 0.133. The zero-order valence-electron chi connectivity index (χ0n) is 22.2. The van der Waals surface area contributed by atoms with Crippen LogP contribution in [-0.4, -0.2) is 60.1 Å². The first-order valence-electron chi connectivity index (χ1n) is 13.1. The molecule has 0 heterocycles. The van der Waals surface area contributed by atoms with Gasteiger partial charge in [-0.3, -0.25) is 9.59 Å². The largest absolute Gasteiger partial charge is 0.460 e. The van der Waals surface area contributed by atoms with Gasteiger partial charge in [-0.05, 0) is 30.3 Å². The van der Waals surface area contributed by atoms with Gasteiger partial charge in [0.25, 0.3) is 0 Å². The summed E-state index contributed by atoms with van der Waals surface area (Å²) < 4.78 is 10.2. The molecule has 42 heavy (non-hydrogen) atoms. The molecule has 0 aromatic heterocycles. The molecule has 0 radical (unpaired) electrons. The van der Waals surface area contributed by atoms with Crippen LogP contribution in [0.25, 0.3) is 0 Å². The summed E-state index contributed by atoms with van der Waals surface area (Å²) in [5.41, 5.74) is 1.18. The number of ether oxygens (including phenoxy) is 2. The second-order valence-corrected chi connectivity index (χ2v) is 11.5. The van der Waals surface area contributed by atoms with E-state index in [1.165, 1.54) is 23.5 Å². The fourth-order valence-corrected chi connectivity index (χ4v) is 7.12. The topological polar surface area (TPSA) is 127 Å². The molecule has 214 valence electrons. The van der Waals surface area contributed by atoms with Crippen molar-refractivity contribution in [1.29, 1.82) is 0 Å². The van der Waals surface area contributed by atoms with E-state index in [-0.39, 0.29) is 43.6 Å². The molecule has 3 aromatic carbocycles. The molecule has 10 heteroatoms. The number of carbonyl (C=O) groups excluding carboxylic acids is 4. The number of carbonyl (C=O) groups is 4. The Kier molecular flexibility index (Phi) is 9.38. The van der Waals surface area contributed by atoms with Gasteiger partial charge >= 0.3 is 11.9 Å². The highest BCUT2D eigenvalue weighted by Gasteiger charge is 2.44. The van der Waals surface area contributed by atoms with Crippen molar-refractivity contribution in [2.75, 3.05) is 26.4 Å². The number of hydrogen-bond acceptors (Lipinski definition) is 10. The minimum Gasteiger partial charge on any atom is -0.460 e. The van der Waals surface area contributed by atoms with Gasteiger partial charge in [0.15, 0.2) is 11.6 Å². The number of benzene rings is 3. The van der Waals surface area contributed by atoms with Crippen LogP contribution in [-0.2, 0) is 9.47 Å². The fourth-order valence-electron chi connectivity index (χ4n) is 4.83. The molecule has 5 rings (SSSR count). The van der Waals surface area contributed by atoms with E-state index in [2.05, 4.69) is 0 Å². The van der Waals surface area contributed by atoms with Gasteiger partial charge in [-0.15, -0.1) is 0 Å². The van der Waals surface area contributed by atoms with Gasteiger partial charge in [0.2, 0.25) is 0 Å². The van der Waals surface area contributed by atoms with Crippen molar-refractivity contribution < 1.29 is 38.9 Å². The Morgan fingerprint density at radius 1 is 0.714 bits per heavy atom. The van der Waals surface area contributed by atoms with Crippen molar-refractivity contribution in [3.8, 4) is 0 Å². The second-order valence-electron chi connectivity index (χ2n) is 9.28. The van der Waals surface area contributed by atoms with E-state index in [1.54, 1.807) is 85.0 Å². The van der Waals surface area contributed by atoms with E-state index in [4.69, 9.17) is 19.7 Å². The molecule has 2 unspecified atom stereocenters. The number of allylic oxidation sites excluding steroid dienone is 4. The zero-order valence-corrected chi connectivity index (χ0v) is 23.9. The highest BCUT2D eigenvalue weighted by atomic mass is 32.2. The van der Waals surface area contributed by atoms with E-state index < -0.39 is 23.8 Å². The quantitative estimate of drug-likeness (QED) is 0.306. The summed E-state index contributed by atoms with van der Waals surface area (Å²) in [7, 11) is 0. The predicted octanol–water partition coefficient (Wildman–Crippen LogP) is 4.99. The van der Waals surface area contributed by atoms with Crippen LogP contribution < -0.4 is 0 Å². The van der Waals surface area contributed by atoms with Crippen LogP contribution in [0, 0.1) is 11.8 Å². The summed E-state index contributed by atoms with van der Waals surface area (Å²) in [5.74, 6) is -3.11. The highest BCUT2D eigenvalue weighted by Crippen LogP contribution is 2.47. The van der Waals surface area contributed by atoms with E-state index >= 15 is 0 Å². The molecule has 0 saturated heterocycles. The number of aliphatic hydroxyl groups excluding tert-OH is 2. The number of esters is 2. The van der Waals surface area contributed by atoms with Gasteiger partial charge in [-0.1, -0.05) is 78.2 Å². The van der Waals surface area contributed by atoms with E-state index in [0.29, 0.717) is 36.3 Å². The van der Waals surface area contributed by atoms with Crippen LogP contribution in [0.3, 0.4) is 0 Å². The van der Waals surface area contributed by atoms with Gasteiger partial charge in [0.05, 0.1) is 36.2 Å². The first kappa shape index (κ1) is 29.5. The van der Waals surface area contributed by atoms with Gasteiger partial charge in [-0.2, -0.15) is 0 Å². The number of Topliss-reactive ketones (excluding diaryl/α,β-unsaturated/α-hetero) is 2. The lowest BCUT2D eigenvalue weighted by Gasteiger charge is -2.33. The zero-order chi connectivity index (χ0) is 29.6. The van der Waals surface area contributed by atoms with Gasteiger partial charge in [-0.25, -0.2) is 9.59 Å². The highest BCUT2D eigenvalue weighted by molar-refractivity contribution is 8.03. The van der Waals surface area contributed by atoms with Crippen LogP contribution in [0.15, 0.2) is 105 Å². The summed E-state index contributed by atoms with van der Waals surface area (Å²) >= 11 is 2.44. The summed E-state index contributed by atoms with van der Waals surface area (Å²) in [6, 6.07) is 18.7. The third kappa shape index (κ3) is 5.98. The molecule has 2 N–H and O–H groups in total. The van der Waals surface area contributed by atoms with Gasteiger partial charge in [0.1, 0.15) is 13.2 Å². The third-order valence-corrected chi connectivity index (χ3v) is 9.02. The van der Waals surface area contributed by atoms with Gasteiger partial charge in [0, 0.05) is 30.7 Å². The van der Waals surface area contributed by atoms with Crippen LogP contribution in [0.4, 0.5) is 0 Å². The maximum Gasteiger partial charge on any atom is 0.339 e. The lowest BCUT2D eigenvalue weighted by Crippen LogP contribution is -2.37. The van der Waals surface area contributed by atoms with Crippen molar-refractivity contribution in [3.63, 3.8) is 0 Å². The maximum atomic E-state index is 14.0. The lowest BCUT2D eigenvalue weighted by molar-refractivity contribution is 0.0423. The Hall–Kier alpha value is -3.96. The SMILES string of the molecule is O=C(OCCO)c1ccccc1SC1=CC=CC2C(=O)c3c(Sc4ccccc4C(=O)OCCO)cccc3C(=O)C12. The average molecular weight is 603 g/mol. The van der Waals surface area contributed by atoms with Crippen LogP contribution in [0.5, 0.6) is 0 Å². The average Bonchev–Trinajstić information content (AvgIpc) is 3.01. The Morgan fingerprint density at radius 3 is 1.90 bits per heavy atom. The normalized spacial score (nSPS) is 17.2. The molecular formula is C32H26O8S2. The number of fused-ring (bicyclic) bond motifs is 2. The van der Waals surface area contributed by atoms with Crippen molar-refractivity contribution in [2.45, 2.75) is 14.7 Å². The Labute approximate surface area is 250 Å². The van der Waals surface area contributed by atoms with Gasteiger partial charge < -0.3 is 19.7 Å². The minimum atomic E-state index is -0.762. The number of hydrogen-bond donors (Lipinski definition) is 2. The molecule has 8 nitrogen and oxygen atoms in total. The molecule has 2 aliphatic rings. The lowest BCUT2D eigenvalue weighted by atomic mass is 9.72. The molecule has 2 aliphatic carbocycles. The van der Waals surface area contributed by atoms with Crippen LogP contribution in [0.1, 0.15) is 41.4 Å². The number of aliphatic hydroxyl groups is 2. The smallest absolute Gasteiger partial charge is 0.339 e. The molecule has 0 amide bonds. The monoisotopic (exact) mass is 602 g/mol. The van der Waals surface area contributed by atoms with E-state index in [1.807, 2.05) is 0 Å². The Balaban J connectivity index is 1.46. The first-order valence-corrected chi connectivity index (χ1v) is 14.8. The maximum absolute atomic E-state index is 14.0. The van der Waals surface area contributed by atoms with Crippen LogP contribution in [0.2, 0.25) is 0 Å². The van der Waals surface area contributed by atoms with Crippen molar-refractivity contribution >= 4 is 47.0 Å². The molecule has 3 aromatic rings. The summed E-state index contributed by atoms with van der Waals surface area (Å²) in [6.07, 6.45) is 5.25. The molecule has 0 bridgehead atoms. The number of ketones is 2. The van der Waals surface area contributed by atoms with Crippen molar-refractivity contribution in [1.82, 2.24) is 0 Å². The molecule has 0 fully saturated rings. The fraction of sp³-hybridized carbons (Fsp3) is 0.188. The summed E-state index contributed by atoms with van der Waals surface area (Å²) in [4.78, 5) is 55.4. The summed E-state index contributed by atoms with van der Waals surface area (Å²) in [5, 5.41) is 18.1. The Morgan fingerprint density at radius 2 is 1.29 bits per heavy atom. The summed E-state index contributed by atoms with van der Waals surface area (Å²) in [6.45, 7) is -0.861. The number of thioether (sulfide) groups is 1. The third-order valence-electron chi connectivity index (χ3n) is 6.68. The molecule has 0 spiro atoms. The molecule has 2 atom stereocenters. The van der Waals surface area contributed by atoms with E-state index in [9.17, 15) is 19.2 Å². The first-order chi connectivity index (χ1) is 20.4. The molecular weight excluding hydrogens is 576 g/mol. The van der Waals surface area contributed by atoms with E-state index in [0.717, 1.165) is 0 Å². The Bertz CT molecular complexity index is 1610. The van der Waals surface area contributed by atoms with Crippen molar-refractivity contribution in [3.05, 3.63) is 112 Å². The standard InChI is InChI=1S/C32H26O8S2/c33-15-17-39-31(37)19-7-1-3-11-23(19)41-25-13-5-9-21-27(25)29(35)22-10-6-14-26(28(22)30(21)36)42-24-12-4-2-8-20(24)32(38)40-18-16-34/h1-14,21,27,33-34H,15-18H2.